The van der Waals surface area contributed by atoms with E-state index in [9.17, 15) is 18.7 Å². The minimum absolute atomic E-state index is 0.0172. The highest BCUT2D eigenvalue weighted by atomic mass is 19.1. The maximum atomic E-state index is 14.3. The van der Waals surface area contributed by atoms with E-state index in [-0.39, 0.29) is 18.6 Å². The lowest BCUT2D eigenvalue weighted by Crippen LogP contribution is -2.27. The number of pyridine rings is 1. The number of hydrogen-bond acceptors (Lipinski definition) is 4. The number of rotatable bonds is 5. The minimum Gasteiger partial charge on any atom is -0.466 e. The molecule has 0 fully saturated rings. The largest absolute Gasteiger partial charge is 0.466 e. The molecule has 1 heterocycles. The Morgan fingerprint density at radius 1 is 1.30 bits per heavy atom. The Hall–Kier alpha value is -2.34. The predicted molar refractivity (Wildman–Crippen MR) is 80.4 cm³/mol. The van der Waals surface area contributed by atoms with Crippen molar-refractivity contribution in [3.05, 3.63) is 53.7 Å². The summed E-state index contributed by atoms with van der Waals surface area (Å²) in [5.41, 5.74) is -0.859. The van der Waals surface area contributed by atoms with E-state index in [4.69, 9.17) is 4.74 Å². The Morgan fingerprint density at radius 3 is 2.61 bits per heavy atom. The van der Waals surface area contributed by atoms with Crippen molar-refractivity contribution in [1.82, 2.24) is 4.98 Å². The zero-order valence-corrected chi connectivity index (χ0v) is 12.8. The normalized spacial score (nSPS) is 13.4. The van der Waals surface area contributed by atoms with Crippen LogP contribution >= 0.6 is 0 Å². The van der Waals surface area contributed by atoms with Gasteiger partial charge in [-0.25, -0.2) is 8.78 Å². The molecule has 0 bridgehead atoms. The molecule has 0 aliphatic rings. The summed E-state index contributed by atoms with van der Waals surface area (Å²) in [4.78, 5) is 15.4. The molecule has 1 unspecified atom stereocenters. The second kappa shape index (κ2) is 6.83. The standard InChI is InChI=1S/C17H17F2NO3/c1-3-23-16(21)9-17(2,22)13-6-4-11(8-14(13)19)15-7-5-12(18)10-20-15/h4-8,10,22H,3,9H2,1-2H3. The molecule has 0 aliphatic heterocycles. The molecule has 0 spiro atoms. The first-order valence-electron chi connectivity index (χ1n) is 7.13. The molecule has 0 saturated heterocycles. The topological polar surface area (TPSA) is 59.4 Å². The van der Waals surface area contributed by atoms with Crippen LogP contribution in [-0.4, -0.2) is 22.7 Å². The summed E-state index contributed by atoms with van der Waals surface area (Å²) in [6.45, 7) is 3.18. The van der Waals surface area contributed by atoms with Gasteiger partial charge in [-0.1, -0.05) is 12.1 Å². The third kappa shape index (κ3) is 4.10. The summed E-state index contributed by atoms with van der Waals surface area (Å²) in [7, 11) is 0. The van der Waals surface area contributed by atoms with Gasteiger partial charge in [0.2, 0.25) is 0 Å². The van der Waals surface area contributed by atoms with Gasteiger partial charge in [0.25, 0.3) is 0 Å². The van der Waals surface area contributed by atoms with Crippen molar-refractivity contribution in [2.75, 3.05) is 6.61 Å². The third-order valence-corrected chi connectivity index (χ3v) is 3.37. The molecule has 1 aromatic carbocycles. The van der Waals surface area contributed by atoms with Crippen molar-refractivity contribution in [3.63, 3.8) is 0 Å². The zero-order valence-electron chi connectivity index (χ0n) is 12.8. The number of aliphatic hydroxyl groups is 1. The number of esters is 1. The molecule has 122 valence electrons. The number of carbonyl (C=O) groups is 1. The lowest BCUT2D eigenvalue weighted by atomic mass is 9.91. The molecular weight excluding hydrogens is 304 g/mol. The summed E-state index contributed by atoms with van der Waals surface area (Å²) in [6.07, 6.45) is 0.684. The van der Waals surface area contributed by atoms with E-state index in [0.717, 1.165) is 6.20 Å². The smallest absolute Gasteiger partial charge is 0.309 e. The number of hydrogen-bond donors (Lipinski definition) is 1. The monoisotopic (exact) mass is 321 g/mol. The molecule has 0 aliphatic carbocycles. The molecule has 2 rings (SSSR count). The molecule has 2 aromatic rings. The SMILES string of the molecule is CCOC(=O)CC(C)(O)c1ccc(-c2ccc(F)cn2)cc1F. The van der Waals surface area contributed by atoms with Crippen LogP contribution < -0.4 is 0 Å². The highest BCUT2D eigenvalue weighted by molar-refractivity contribution is 5.71. The fourth-order valence-electron chi connectivity index (χ4n) is 2.25. The van der Waals surface area contributed by atoms with Crippen LogP contribution in [0.1, 0.15) is 25.8 Å². The van der Waals surface area contributed by atoms with E-state index >= 15 is 0 Å². The van der Waals surface area contributed by atoms with Crippen molar-refractivity contribution < 1.29 is 23.4 Å². The summed E-state index contributed by atoms with van der Waals surface area (Å²) < 4.78 is 32.0. The van der Waals surface area contributed by atoms with Gasteiger partial charge in [0, 0.05) is 11.1 Å². The highest BCUT2D eigenvalue weighted by Gasteiger charge is 2.30. The second-order valence-electron chi connectivity index (χ2n) is 5.31. The van der Waals surface area contributed by atoms with E-state index in [1.54, 1.807) is 13.0 Å². The van der Waals surface area contributed by atoms with Gasteiger partial charge in [-0.05, 0) is 32.0 Å². The fourth-order valence-corrected chi connectivity index (χ4v) is 2.25. The van der Waals surface area contributed by atoms with Crippen LogP contribution in [0.4, 0.5) is 8.78 Å². The fraction of sp³-hybridized carbons (Fsp3) is 0.294. The highest BCUT2D eigenvalue weighted by Crippen LogP contribution is 2.30. The lowest BCUT2D eigenvalue weighted by molar-refractivity contribution is -0.148. The number of nitrogens with zero attached hydrogens (tertiary/aromatic N) is 1. The van der Waals surface area contributed by atoms with Crippen molar-refractivity contribution in [1.29, 1.82) is 0 Å². The van der Waals surface area contributed by atoms with Gasteiger partial charge in [-0.3, -0.25) is 9.78 Å². The maximum absolute atomic E-state index is 14.3. The maximum Gasteiger partial charge on any atom is 0.309 e. The van der Waals surface area contributed by atoms with Gasteiger partial charge in [-0.2, -0.15) is 0 Å². The molecule has 6 heteroatoms. The Morgan fingerprint density at radius 2 is 2.04 bits per heavy atom. The Bertz CT molecular complexity index is 699. The first kappa shape index (κ1) is 17.0. The zero-order chi connectivity index (χ0) is 17.0. The second-order valence-corrected chi connectivity index (χ2v) is 5.31. The van der Waals surface area contributed by atoms with E-state index in [1.165, 1.54) is 31.2 Å². The van der Waals surface area contributed by atoms with E-state index in [2.05, 4.69) is 4.98 Å². The van der Waals surface area contributed by atoms with Gasteiger partial charge < -0.3 is 9.84 Å². The minimum atomic E-state index is -1.69. The van der Waals surface area contributed by atoms with Crippen molar-refractivity contribution >= 4 is 5.97 Å². The summed E-state index contributed by atoms with van der Waals surface area (Å²) >= 11 is 0. The van der Waals surface area contributed by atoms with Crippen LogP contribution in [0.3, 0.4) is 0 Å². The van der Waals surface area contributed by atoms with Crippen LogP contribution in [0.25, 0.3) is 11.3 Å². The van der Waals surface area contributed by atoms with Gasteiger partial charge >= 0.3 is 5.97 Å². The lowest BCUT2D eigenvalue weighted by Gasteiger charge is -2.23. The van der Waals surface area contributed by atoms with Crippen molar-refractivity contribution in [2.24, 2.45) is 0 Å². The molecule has 1 atom stereocenters. The van der Waals surface area contributed by atoms with Crippen LogP contribution in [-0.2, 0) is 15.1 Å². The van der Waals surface area contributed by atoms with Gasteiger partial charge in [-0.15, -0.1) is 0 Å². The summed E-state index contributed by atoms with van der Waals surface area (Å²) in [5.74, 6) is -1.77. The molecule has 23 heavy (non-hydrogen) atoms. The Balaban J connectivity index is 2.28. The number of aromatic nitrogens is 1. The first-order chi connectivity index (χ1) is 10.8. The molecule has 0 amide bonds. The summed E-state index contributed by atoms with van der Waals surface area (Å²) in [6, 6.07) is 6.79. The average molecular weight is 321 g/mol. The average Bonchev–Trinajstić information content (AvgIpc) is 2.47. The molecule has 0 saturated carbocycles. The Kier molecular flexibility index (Phi) is 5.05. The quantitative estimate of drug-likeness (QED) is 0.859. The van der Waals surface area contributed by atoms with Gasteiger partial charge in [0.1, 0.15) is 17.2 Å². The van der Waals surface area contributed by atoms with Crippen molar-refractivity contribution in [2.45, 2.75) is 25.9 Å². The number of halogens is 2. The van der Waals surface area contributed by atoms with E-state index < -0.39 is 23.2 Å². The Labute approximate surface area is 132 Å². The third-order valence-electron chi connectivity index (χ3n) is 3.37. The van der Waals surface area contributed by atoms with Gasteiger partial charge in [0.05, 0.1) is 24.9 Å². The number of benzene rings is 1. The van der Waals surface area contributed by atoms with E-state index in [0.29, 0.717) is 11.3 Å². The van der Waals surface area contributed by atoms with Gasteiger partial charge in [0.15, 0.2) is 0 Å². The summed E-state index contributed by atoms with van der Waals surface area (Å²) in [5, 5.41) is 10.4. The number of ether oxygens (including phenoxy) is 1. The molecular formula is C17H17F2NO3. The van der Waals surface area contributed by atoms with Crippen LogP contribution in [0.15, 0.2) is 36.5 Å². The van der Waals surface area contributed by atoms with Crippen LogP contribution in [0.2, 0.25) is 0 Å². The molecule has 0 radical (unpaired) electrons. The van der Waals surface area contributed by atoms with Crippen molar-refractivity contribution in [3.8, 4) is 11.3 Å². The first-order valence-corrected chi connectivity index (χ1v) is 7.13. The van der Waals surface area contributed by atoms with E-state index in [1.807, 2.05) is 0 Å². The predicted octanol–water partition coefficient (Wildman–Crippen LogP) is 3.19. The van der Waals surface area contributed by atoms with Crippen LogP contribution in [0.5, 0.6) is 0 Å². The number of carbonyl (C=O) groups excluding carboxylic acids is 1. The molecule has 1 N–H and O–H groups in total. The molecule has 1 aromatic heterocycles. The van der Waals surface area contributed by atoms with Crippen LogP contribution in [0, 0.1) is 11.6 Å². The molecule has 4 nitrogen and oxygen atoms in total.